The number of nitrogens with zero attached hydrogens (tertiary/aromatic N) is 1. The lowest BCUT2D eigenvalue weighted by atomic mass is 10.1. The minimum Gasteiger partial charge on any atom is -0.497 e. The van der Waals surface area contributed by atoms with Crippen molar-refractivity contribution in [2.45, 2.75) is 6.54 Å². The highest BCUT2D eigenvalue weighted by Gasteiger charge is 2.17. The average molecular weight is 398 g/mol. The Kier molecular flexibility index (Phi) is 5.92. The molecule has 2 aromatic carbocycles. The van der Waals surface area contributed by atoms with Crippen LogP contribution >= 0.6 is 0 Å². The van der Waals surface area contributed by atoms with E-state index in [0.717, 1.165) is 0 Å². The molecule has 0 unspecified atom stereocenters. The first-order valence-electron chi connectivity index (χ1n) is 8.75. The van der Waals surface area contributed by atoms with Gasteiger partial charge < -0.3 is 29.4 Å². The number of hydrogen-bond donors (Lipinski definition) is 2. The molecule has 3 rings (SSSR count). The molecule has 0 aliphatic heterocycles. The Bertz CT molecular complexity index is 1030. The van der Waals surface area contributed by atoms with Gasteiger partial charge in [-0.3, -0.25) is 0 Å². The van der Waals surface area contributed by atoms with Gasteiger partial charge in [-0.1, -0.05) is 0 Å². The van der Waals surface area contributed by atoms with Crippen molar-refractivity contribution < 1.29 is 28.8 Å². The summed E-state index contributed by atoms with van der Waals surface area (Å²) < 4.78 is 21.4. The van der Waals surface area contributed by atoms with Gasteiger partial charge in [0, 0.05) is 30.1 Å². The first-order valence-corrected chi connectivity index (χ1v) is 8.75. The number of carboxylic acid groups (broad SMARTS) is 1. The molecule has 8 nitrogen and oxygen atoms in total. The topological polar surface area (TPSA) is 99.1 Å². The van der Waals surface area contributed by atoms with E-state index in [4.69, 9.17) is 18.9 Å². The van der Waals surface area contributed by atoms with Crippen molar-refractivity contribution in [3.63, 3.8) is 0 Å². The molecule has 0 bridgehead atoms. The molecule has 29 heavy (non-hydrogen) atoms. The number of anilines is 1. The lowest BCUT2D eigenvalue weighted by Crippen LogP contribution is -2.10. The minimum absolute atomic E-state index is 0.0640. The molecule has 0 radical (unpaired) electrons. The fourth-order valence-corrected chi connectivity index (χ4v) is 3.00. The molecule has 1 aromatic heterocycles. The van der Waals surface area contributed by atoms with E-state index in [-0.39, 0.29) is 17.9 Å². The number of pyridine rings is 1. The smallest absolute Gasteiger partial charge is 0.339 e. The number of aromatic carboxylic acids is 1. The largest absolute Gasteiger partial charge is 0.497 e. The van der Waals surface area contributed by atoms with Crippen LogP contribution in [0.2, 0.25) is 0 Å². The molecule has 0 amide bonds. The second-order valence-corrected chi connectivity index (χ2v) is 6.11. The highest BCUT2D eigenvalue weighted by Crippen LogP contribution is 2.35. The van der Waals surface area contributed by atoms with Gasteiger partial charge in [-0.15, -0.1) is 0 Å². The summed E-state index contributed by atoms with van der Waals surface area (Å²) in [6.45, 7) is 0.235. The van der Waals surface area contributed by atoms with Crippen LogP contribution in [0.4, 0.5) is 5.82 Å². The van der Waals surface area contributed by atoms with Crippen molar-refractivity contribution in [2.24, 2.45) is 0 Å². The van der Waals surface area contributed by atoms with Gasteiger partial charge >= 0.3 is 5.97 Å². The lowest BCUT2D eigenvalue weighted by Gasteiger charge is -2.17. The number of nitrogens with one attached hydrogen (secondary N) is 1. The van der Waals surface area contributed by atoms with Gasteiger partial charge in [0.15, 0.2) is 0 Å². The van der Waals surface area contributed by atoms with E-state index in [1.165, 1.54) is 0 Å². The molecule has 0 fully saturated rings. The lowest BCUT2D eigenvalue weighted by molar-refractivity contribution is 0.0697. The second kappa shape index (κ2) is 8.55. The van der Waals surface area contributed by atoms with Crippen LogP contribution in [-0.4, -0.2) is 44.5 Å². The Hall–Kier alpha value is -3.68. The van der Waals surface area contributed by atoms with Gasteiger partial charge in [-0.25, -0.2) is 9.78 Å². The van der Waals surface area contributed by atoms with Gasteiger partial charge in [-0.05, 0) is 18.2 Å². The van der Waals surface area contributed by atoms with Crippen LogP contribution in [0.5, 0.6) is 23.0 Å². The van der Waals surface area contributed by atoms with Gasteiger partial charge in [0.2, 0.25) is 0 Å². The van der Waals surface area contributed by atoms with Crippen LogP contribution in [0.1, 0.15) is 15.9 Å². The van der Waals surface area contributed by atoms with E-state index in [1.807, 2.05) is 0 Å². The molecule has 0 atom stereocenters. The summed E-state index contributed by atoms with van der Waals surface area (Å²) in [5.74, 6) is 1.48. The number of fused-ring (bicyclic) bond motifs is 1. The third kappa shape index (κ3) is 4.11. The first kappa shape index (κ1) is 20.1. The fourth-order valence-electron chi connectivity index (χ4n) is 3.00. The number of carboxylic acids is 1. The van der Waals surface area contributed by atoms with Crippen LogP contribution in [0.25, 0.3) is 10.9 Å². The van der Waals surface area contributed by atoms with Crippen molar-refractivity contribution in [3.05, 3.63) is 47.5 Å². The van der Waals surface area contributed by atoms with Crippen LogP contribution in [0, 0.1) is 0 Å². The van der Waals surface area contributed by atoms with Crippen molar-refractivity contribution in [2.75, 3.05) is 33.8 Å². The quantitative estimate of drug-likeness (QED) is 0.594. The normalized spacial score (nSPS) is 10.5. The molecule has 8 heteroatoms. The summed E-state index contributed by atoms with van der Waals surface area (Å²) in [6.07, 6.45) is 0. The van der Waals surface area contributed by atoms with Crippen LogP contribution in [-0.2, 0) is 6.54 Å². The Morgan fingerprint density at radius 3 is 2.14 bits per heavy atom. The third-order valence-electron chi connectivity index (χ3n) is 4.50. The molecule has 0 spiro atoms. The molecule has 152 valence electrons. The molecule has 0 aliphatic rings. The van der Waals surface area contributed by atoms with E-state index < -0.39 is 5.97 Å². The van der Waals surface area contributed by atoms with E-state index in [0.29, 0.717) is 39.5 Å². The van der Waals surface area contributed by atoms with Crippen molar-refractivity contribution in [3.8, 4) is 23.0 Å². The predicted molar refractivity (Wildman–Crippen MR) is 109 cm³/mol. The van der Waals surface area contributed by atoms with E-state index >= 15 is 0 Å². The van der Waals surface area contributed by atoms with Crippen LogP contribution < -0.4 is 24.3 Å². The third-order valence-corrected chi connectivity index (χ3v) is 4.50. The zero-order chi connectivity index (χ0) is 21.0. The summed E-state index contributed by atoms with van der Waals surface area (Å²) in [6, 6.07) is 10.3. The maximum atomic E-state index is 11.8. The predicted octanol–water partition coefficient (Wildman–Crippen LogP) is 3.58. The minimum atomic E-state index is -1.08. The molecular weight excluding hydrogens is 376 g/mol. The first-order chi connectivity index (χ1) is 14.0. The number of ether oxygens (including phenoxy) is 4. The number of aromatic nitrogens is 1. The van der Waals surface area contributed by atoms with Gasteiger partial charge in [-0.2, -0.15) is 0 Å². The fraction of sp³-hybridized carbons (Fsp3) is 0.238. The number of methoxy groups -OCH3 is 4. The Morgan fingerprint density at radius 1 is 0.931 bits per heavy atom. The standard InChI is InChI=1S/C21H22N2O6/c1-26-13-6-5-12-7-15(21(24)25)20(23-17(12)8-13)22-11-16-18(28-3)9-14(27-2)10-19(16)29-4/h5-10H,11H2,1-4H3,(H,22,23)(H,24,25). The highest BCUT2D eigenvalue weighted by atomic mass is 16.5. The Balaban J connectivity index is 2.01. The SMILES string of the molecule is COc1cc(OC)c(CNc2nc3cc(OC)ccc3cc2C(=O)O)c(OC)c1. The maximum Gasteiger partial charge on any atom is 0.339 e. The van der Waals surface area contributed by atoms with Gasteiger partial charge in [0.05, 0.1) is 39.5 Å². The molecular formula is C21H22N2O6. The van der Waals surface area contributed by atoms with Gasteiger partial charge in [0.1, 0.15) is 34.4 Å². The molecule has 2 N–H and O–H groups in total. The maximum absolute atomic E-state index is 11.8. The number of rotatable bonds is 8. The van der Waals surface area contributed by atoms with E-state index in [9.17, 15) is 9.90 Å². The molecule has 0 aliphatic carbocycles. The summed E-state index contributed by atoms with van der Waals surface area (Å²) >= 11 is 0. The second-order valence-electron chi connectivity index (χ2n) is 6.11. The average Bonchev–Trinajstić information content (AvgIpc) is 2.75. The monoisotopic (exact) mass is 398 g/mol. The number of hydrogen-bond acceptors (Lipinski definition) is 7. The summed E-state index contributed by atoms with van der Waals surface area (Å²) in [5.41, 5.74) is 1.39. The highest BCUT2D eigenvalue weighted by molar-refractivity contribution is 5.98. The van der Waals surface area contributed by atoms with E-state index in [2.05, 4.69) is 10.3 Å². The number of carbonyl (C=O) groups is 1. The van der Waals surface area contributed by atoms with Crippen molar-refractivity contribution >= 4 is 22.7 Å². The molecule has 0 saturated carbocycles. The molecule has 0 saturated heterocycles. The Labute approximate surface area is 168 Å². The zero-order valence-corrected chi connectivity index (χ0v) is 16.6. The number of benzene rings is 2. The van der Waals surface area contributed by atoms with E-state index in [1.54, 1.807) is 64.8 Å². The summed E-state index contributed by atoms with van der Waals surface area (Å²) in [7, 11) is 6.20. The van der Waals surface area contributed by atoms with Gasteiger partial charge in [0.25, 0.3) is 0 Å². The summed E-state index contributed by atoms with van der Waals surface area (Å²) in [4.78, 5) is 16.2. The molecule has 3 aromatic rings. The molecule has 1 heterocycles. The van der Waals surface area contributed by atoms with Crippen LogP contribution in [0.3, 0.4) is 0 Å². The Morgan fingerprint density at radius 2 is 1.59 bits per heavy atom. The van der Waals surface area contributed by atoms with Crippen molar-refractivity contribution in [1.29, 1.82) is 0 Å². The van der Waals surface area contributed by atoms with Crippen molar-refractivity contribution in [1.82, 2.24) is 4.98 Å². The van der Waals surface area contributed by atoms with Crippen LogP contribution in [0.15, 0.2) is 36.4 Å². The zero-order valence-electron chi connectivity index (χ0n) is 16.6. The summed E-state index contributed by atoms with van der Waals surface area (Å²) in [5, 5.41) is 13.4.